The van der Waals surface area contributed by atoms with Gasteiger partial charge in [0.05, 0.1) is 12.2 Å². The van der Waals surface area contributed by atoms with Gasteiger partial charge < -0.3 is 9.47 Å². The zero-order valence-corrected chi connectivity index (χ0v) is 10.6. The normalized spacial score (nSPS) is 15.1. The van der Waals surface area contributed by atoms with Crippen LogP contribution in [0.3, 0.4) is 0 Å². The van der Waals surface area contributed by atoms with Crippen LogP contribution in [0.2, 0.25) is 0 Å². The highest BCUT2D eigenvalue weighted by molar-refractivity contribution is 5.17. The van der Waals surface area contributed by atoms with E-state index in [0.29, 0.717) is 5.92 Å². The van der Waals surface area contributed by atoms with Crippen molar-refractivity contribution in [1.29, 1.82) is 0 Å². The fourth-order valence-corrected chi connectivity index (χ4v) is 1.89. The molecule has 0 spiro atoms. The Morgan fingerprint density at radius 3 is 2.06 bits per heavy atom. The van der Waals surface area contributed by atoms with Gasteiger partial charge in [0, 0.05) is 20.6 Å². The fourth-order valence-electron chi connectivity index (χ4n) is 1.89. The summed E-state index contributed by atoms with van der Waals surface area (Å²) in [5.74, 6) is 0.506. The first-order valence-corrected chi connectivity index (χ1v) is 5.79. The fraction of sp³-hybridized carbons (Fsp3) is 0.571. The molecule has 2 heteroatoms. The molecule has 0 saturated carbocycles. The molecular formula is C14H22O2. The quantitative estimate of drug-likeness (QED) is 0.734. The molecule has 16 heavy (non-hydrogen) atoms. The molecule has 1 aromatic carbocycles. The van der Waals surface area contributed by atoms with Crippen LogP contribution in [0.25, 0.3) is 0 Å². The minimum atomic E-state index is 0.119. The molecule has 0 bridgehead atoms. The lowest BCUT2D eigenvalue weighted by atomic mass is 9.97. The van der Waals surface area contributed by atoms with E-state index in [1.54, 1.807) is 14.2 Å². The van der Waals surface area contributed by atoms with Gasteiger partial charge in [0.25, 0.3) is 0 Å². The van der Waals surface area contributed by atoms with Crippen molar-refractivity contribution in [2.45, 2.75) is 32.5 Å². The van der Waals surface area contributed by atoms with Crippen molar-refractivity contribution < 1.29 is 9.47 Å². The van der Waals surface area contributed by atoms with E-state index >= 15 is 0 Å². The lowest BCUT2D eigenvalue weighted by molar-refractivity contribution is 0.000379. The van der Waals surface area contributed by atoms with E-state index in [4.69, 9.17) is 9.47 Å². The maximum absolute atomic E-state index is 5.54. The van der Waals surface area contributed by atoms with Crippen molar-refractivity contribution in [2.24, 2.45) is 5.92 Å². The Balaban J connectivity index is 2.68. The molecule has 1 aromatic rings. The van der Waals surface area contributed by atoms with Crippen LogP contribution in [0.4, 0.5) is 0 Å². The first kappa shape index (κ1) is 13.2. The van der Waals surface area contributed by atoms with Crippen LogP contribution in [0, 0.1) is 5.92 Å². The smallest absolute Gasteiger partial charge is 0.0845 e. The van der Waals surface area contributed by atoms with Gasteiger partial charge in [-0.25, -0.2) is 0 Å². The molecule has 0 aliphatic carbocycles. The maximum atomic E-state index is 5.54. The van der Waals surface area contributed by atoms with Gasteiger partial charge in [0.1, 0.15) is 0 Å². The number of rotatable bonds is 6. The highest BCUT2D eigenvalue weighted by Gasteiger charge is 2.19. The molecular weight excluding hydrogens is 200 g/mol. The summed E-state index contributed by atoms with van der Waals surface area (Å²) in [5, 5.41) is 0. The Morgan fingerprint density at radius 2 is 1.62 bits per heavy atom. The standard InChI is InChI=1S/C14H22O2/c1-11(2)13(15-3)10-14(16-4)12-8-6-5-7-9-12/h5-9,11,13-14H,10H2,1-4H3. The second-order valence-electron chi connectivity index (χ2n) is 4.39. The number of hydrogen-bond acceptors (Lipinski definition) is 2. The molecule has 90 valence electrons. The Morgan fingerprint density at radius 1 is 1.00 bits per heavy atom. The van der Waals surface area contributed by atoms with Crippen molar-refractivity contribution in [1.82, 2.24) is 0 Å². The molecule has 0 fully saturated rings. The van der Waals surface area contributed by atoms with Crippen molar-refractivity contribution in [2.75, 3.05) is 14.2 Å². The van der Waals surface area contributed by atoms with Crippen molar-refractivity contribution in [3.63, 3.8) is 0 Å². The summed E-state index contributed by atoms with van der Waals surface area (Å²) in [6, 6.07) is 10.3. The second kappa shape index (κ2) is 6.66. The van der Waals surface area contributed by atoms with E-state index in [-0.39, 0.29) is 12.2 Å². The lowest BCUT2D eigenvalue weighted by Crippen LogP contribution is -2.22. The summed E-state index contributed by atoms with van der Waals surface area (Å²) < 4.78 is 11.0. The van der Waals surface area contributed by atoms with Gasteiger partial charge in [0.15, 0.2) is 0 Å². The highest BCUT2D eigenvalue weighted by atomic mass is 16.5. The molecule has 0 amide bonds. The van der Waals surface area contributed by atoms with Crippen LogP contribution >= 0.6 is 0 Å². The second-order valence-corrected chi connectivity index (χ2v) is 4.39. The van der Waals surface area contributed by atoms with E-state index in [2.05, 4.69) is 26.0 Å². The van der Waals surface area contributed by atoms with E-state index < -0.39 is 0 Å². The van der Waals surface area contributed by atoms with Crippen molar-refractivity contribution >= 4 is 0 Å². The largest absolute Gasteiger partial charge is 0.381 e. The molecule has 0 aliphatic heterocycles. The topological polar surface area (TPSA) is 18.5 Å². The van der Waals surface area contributed by atoms with E-state index in [9.17, 15) is 0 Å². The summed E-state index contributed by atoms with van der Waals surface area (Å²) in [6.45, 7) is 4.34. The zero-order valence-electron chi connectivity index (χ0n) is 10.6. The third kappa shape index (κ3) is 3.62. The number of benzene rings is 1. The molecule has 2 atom stereocenters. The average molecular weight is 222 g/mol. The first-order valence-electron chi connectivity index (χ1n) is 5.79. The molecule has 0 N–H and O–H groups in total. The molecule has 1 rings (SSSR count). The first-order chi connectivity index (χ1) is 7.69. The van der Waals surface area contributed by atoms with Crippen LogP contribution in [0.1, 0.15) is 31.9 Å². The molecule has 2 nitrogen and oxygen atoms in total. The summed E-state index contributed by atoms with van der Waals surface area (Å²) in [5.41, 5.74) is 1.22. The predicted octanol–water partition coefficient (Wildman–Crippen LogP) is 3.44. The summed E-state index contributed by atoms with van der Waals surface area (Å²) in [6.07, 6.45) is 1.26. The highest BCUT2D eigenvalue weighted by Crippen LogP contribution is 2.25. The minimum absolute atomic E-state index is 0.119. The summed E-state index contributed by atoms with van der Waals surface area (Å²) in [4.78, 5) is 0. The van der Waals surface area contributed by atoms with Gasteiger partial charge in [-0.15, -0.1) is 0 Å². The number of methoxy groups -OCH3 is 2. The van der Waals surface area contributed by atoms with E-state index in [1.165, 1.54) is 5.56 Å². The lowest BCUT2D eigenvalue weighted by Gasteiger charge is -2.24. The monoisotopic (exact) mass is 222 g/mol. The third-order valence-electron chi connectivity index (χ3n) is 2.95. The van der Waals surface area contributed by atoms with Crippen molar-refractivity contribution in [3.8, 4) is 0 Å². The Kier molecular flexibility index (Phi) is 5.50. The van der Waals surface area contributed by atoms with Gasteiger partial charge in [0.2, 0.25) is 0 Å². The van der Waals surface area contributed by atoms with Crippen LogP contribution < -0.4 is 0 Å². The summed E-state index contributed by atoms with van der Waals surface area (Å²) >= 11 is 0. The SMILES string of the molecule is COC(CC(OC)C(C)C)c1ccccc1. The van der Waals surface area contributed by atoms with Crippen LogP contribution in [-0.4, -0.2) is 20.3 Å². The molecule has 2 unspecified atom stereocenters. The van der Waals surface area contributed by atoms with Crippen LogP contribution in [0.15, 0.2) is 30.3 Å². The van der Waals surface area contributed by atoms with Gasteiger partial charge in [-0.3, -0.25) is 0 Å². The molecule has 0 saturated heterocycles. The third-order valence-corrected chi connectivity index (χ3v) is 2.95. The molecule has 0 aromatic heterocycles. The molecule has 0 aliphatic rings. The maximum Gasteiger partial charge on any atom is 0.0845 e. The zero-order chi connectivity index (χ0) is 12.0. The van der Waals surface area contributed by atoms with Crippen LogP contribution in [-0.2, 0) is 9.47 Å². The molecule has 0 heterocycles. The number of hydrogen-bond donors (Lipinski definition) is 0. The number of ether oxygens (including phenoxy) is 2. The minimum Gasteiger partial charge on any atom is -0.381 e. The molecule has 0 radical (unpaired) electrons. The van der Waals surface area contributed by atoms with E-state index in [0.717, 1.165) is 6.42 Å². The summed E-state index contributed by atoms with van der Waals surface area (Å²) in [7, 11) is 3.52. The van der Waals surface area contributed by atoms with Crippen LogP contribution in [0.5, 0.6) is 0 Å². The van der Waals surface area contributed by atoms with Gasteiger partial charge in [-0.05, 0) is 11.5 Å². The van der Waals surface area contributed by atoms with E-state index in [1.807, 2.05) is 18.2 Å². The Labute approximate surface area is 98.6 Å². The predicted molar refractivity (Wildman–Crippen MR) is 66.4 cm³/mol. The average Bonchev–Trinajstić information content (AvgIpc) is 2.31. The Bertz CT molecular complexity index is 282. The Hall–Kier alpha value is -0.860. The van der Waals surface area contributed by atoms with Gasteiger partial charge >= 0.3 is 0 Å². The van der Waals surface area contributed by atoms with Gasteiger partial charge in [-0.2, -0.15) is 0 Å². The van der Waals surface area contributed by atoms with Crippen molar-refractivity contribution in [3.05, 3.63) is 35.9 Å². The van der Waals surface area contributed by atoms with Gasteiger partial charge in [-0.1, -0.05) is 44.2 Å².